The van der Waals surface area contributed by atoms with Gasteiger partial charge in [0.05, 0.1) is 0 Å². The molecule has 5 rings (SSSR count). The van der Waals surface area contributed by atoms with Crippen molar-refractivity contribution in [3.63, 3.8) is 0 Å². The average Bonchev–Trinajstić information content (AvgIpc) is 2.99. The Kier molecular flexibility index (Phi) is 9.90. The molecule has 2 aromatic rings. The largest absolute Gasteiger partial charge is 0.377 e. The van der Waals surface area contributed by atoms with Gasteiger partial charge in [-0.25, -0.2) is 4.98 Å². The van der Waals surface area contributed by atoms with Crippen LogP contribution in [0, 0.1) is 24.2 Å². The van der Waals surface area contributed by atoms with Crippen molar-refractivity contribution in [3.05, 3.63) is 70.3 Å². The maximum atomic E-state index is 4.88. The van der Waals surface area contributed by atoms with Crippen molar-refractivity contribution in [1.82, 2.24) is 15.2 Å². The van der Waals surface area contributed by atoms with Gasteiger partial charge in [0.15, 0.2) is 0 Å². The molecule has 3 aliphatic rings. The van der Waals surface area contributed by atoms with E-state index >= 15 is 0 Å². The molecule has 42 heavy (non-hydrogen) atoms. The molecule has 1 aromatic heterocycles. The normalized spacial score (nSPS) is 25.7. The fourth-order valence-corrected chi connectivity index (χ4v) is 7.22. The van der Waals surface area contributed by atoms with Crippen molar-refractivity contribution in [3.8, 4) is 0 Å². The zero-order valence-corrected chi connectivity index (χ0v) is 26.8. The zero-order valence-electron chi connectivity index (χ0n) is 26.8. The number of anilines is 2. The lowest BCUT2D eigenvalue weighted by Gasteiger charge is -2.35. The Balaban J connectivity index is 1.31. The Hall–Kier alpha value is -2.89. The van der Waals surface area contributed by atoms with Crippen LogP contribution in [0.1, 0.15) is 57.1 Å². The van der Waals surface area contributed by atoms with Crippen LogP contribution in [0.4, 0.5) is 11.5 Å². The molecule has 0 radical (unpaired) electrons. The van der Waals surface area contributed by atoms with E-state index in [4.69, 9.17) is 4.98 Å². The number of aromatic nitrogens is 1. The highest BCUT2D eigenvalue weighted by atomic mass is 15.2. The van der Waals surface area contributed by atoms with Crippen LogP contribution in [0.25, 0.3) is 18.2 Å². The lowest BCUT2D eigenvalue weighted by Crippen LogP contribution is -2.44. The van der Waals surface area contributed by atoms with Gasteiger partial charge in [-0.3, -0.25) is 0 Å². The smallest absolute Gasteiger partial charge is 0.129 e. The number of hydrogen-bond acceptors (Lipinski definition) is 5. The summed E-state index contributed by atoms with van der Waals surface area (Å²) < 4.78 is 0. The Morgan fingerprint density at radius 1 is 1.14 bits per heavy atom. The van der Waals surface area contributed by atoms with Gasteiger partial charge in [-0.15, -0.1) is 0 Å². The van der Waals surface area contributed by atoms with E-state index in [1.807, 2.05) is 0 Å². The standard InChI is InChI=1S/C37H53N5/c1-7-33-24-32-9-8-10-35(40(5)6)34(32)23-28(2)26-37(33,4)15-11-31-25-36(39-27-29(31)3)42-19-13-30(14-20-42)12-18-41-21-16-38-17-22-41/h8-11,15,23-25,27,30,33,38H,2,7,12-14,16-22,26H2,1,3-6H3/b15-11-,32-24-,34-23+. The summed E-state index contributed by atoms with van der Waals surface area (Å²) in [7, 11) is 4.24. The third-order valence-electron chi connectivity index (χ3n) is 10.00. The van der Waals surface area contributed by atoms with Gasteiger partial charge in [-0.2, -0.15) is 0 Å². The predicted molar refractivity (Wildman–Crippen MR) is 181 cm³/mol. The summed E-state index contributed by atoms with van der Waals surface area (Å²) >= 11 is 0. The first-order valence-corrected chi connectivity index (χ1v) is 16.3. The van der Waals surface area contributed by atoms with E-state index in [9.17, 15) is 0 Å². The van der Waals surface area contributed by atoms with Crippen molar-refractivity contribution in [1.29, 1.82) is 0 Å². The number of aryl methyl sites for hydroxylation is 1. The second-order valence-corrected chi connectivity index (χ2v) is 13.4. The van der Waals surface area contributed by atoms with Crippen LogP contribution < -0.4 is 25.6 Å². The summed E-state index contributed by atoms with van der Waals surface area (Å²) in [5.41, 5.74) is 4.94. The van der Waals surface area contributed by atoms with Crippen LogP contribution in [-0.2, 0) is 0 Å². The van der Waals surface area contributed by atoms with Crippen LogP contribution in [0.15, 0.2) is 48.7 Å². The fourth-order valence-electron chi connectivity index (χ4n) is 7.22. The lowest BCUT2D eigenvalue weighted by atomic mass is 9.70. The molecule has 3 heterocycles. The third kappa shape index (κ3) is 7.18. The maximum Gasteiger partial charge on any atom is 0.129 e. The molecule has 0 saturated carbocycles. The van der Waals surface area contributed by atoms with E-state index in [1.165, 1.54) is 71.7 Å². The predicted octanol–water partition coefficient (Wildman–Crippen LogP) is 5.23. The molecule has 1 aromatic carbocycles. The minimum absolute atomic E-state index is 0.0210. The molecular weight excluding hydrogens is 514 g/mol. The number of nitrogens with one attached hydrogen (secondary N) is 1. The molecule has 0 amide bonds. The highest BCUT2D eigenvalue weighted by Gasteiger charge is 2.31. The van der Waals surface area contributed by atoms with Gasteiger partial charge in [0.2, 0.25) is 0 Å². The van der Waals surface area contributed by atoms with E-state index in [0.717, 1.165) is 50.8 Å². The average molecular weight is 568 g/mol. The van der Waals surface area contributed by atoms with Crippen LogP contribution in [0.2, 0.25) is 0 Å². The maximum absolute atomic E-state index is 4.88. The van der Waals surface area contributed by atoms with Crippen LogP contribution in [0.5, 0.6) is 0 Å². The number of rotatable bonds is 8. The van der Waals surface area contributed by atoms with Crippen molar-refractivity contribution in [2.45, 2.75) is 52.9 Å². The molecule has 2 aliphatic heterocycles. The molecular formula is C37H53N5. The quantitative estimate of drug-likeness (QED) is 0.472. The summed E-state index contributed by atoms with van der Waals surface area (Å²) in [5.74, 6) is 2.38. The Bertz CT molecular complexity index is 1380. The van der Waals surface area contributed by atoms with Crippen LogP contribution in [-0.4, -0.2) is 69.8 Å². The fraction of sp³-hybridized carbons (Fsp3) is 0.541. The van der Waals surface area contributed by atoms with E-state index in [0.29, 0.717) is 5.92 Å². The Morgan fingerprint density at radius 3 is 2.62 bits per heavy atom. The van der Waals surface area contributed by atoms with Crippen LogP contribution in [0.3, 0.4) is 0 Å². The summed E-state index contributed by atoms with van der Waals surface area (Å²) in [6.45, 7) is 19.6. The van der Waals surface area contributed by atoms with Crippen LogP contribution >= 0.6 is 0 Å². The summed E-state index contributed by atoms with van der Waals surface area (Å²) in [5, 5.41) is 6.07. The second kappa shape index (κ2) is 13.6. The van der Waals surface area contributed by atoms with Crippen molar-refractivity contribution >= 4 is 29.7 Å². The lowest BCUT2D eigenvalue weighted by molar-refractivity contribution is 0.215. The van der Waals surface area contributed by atoms with Gasteiger partial charge in [-0.1, -0.05) is 56.4 Å². The van der Waals surface area contributed by atoms with E-state index in [2.05, 4.69) is 116 Å². The first-order valence-electron chi connectivity index (χ1n) is 16.3. The number of pyridine rings is 1. The molecule has 1 aliphatic carbocycles. The van der Waals surface area contributed by atoms with Gasteiger partial charge in [0, 0.05) is 70.5 Å². The molecule has 226 valence electrons. The van der Waals surface area contributed by atoms with Gasteiger partial charge < -0.3 is 20.0 Å². The highest BCUT2D eigenvalue weighted by Crippen LogP contribution is 2.40. The minimum atomic E-state index is -0.0210. The number of nitrogens with zero attached hydrogens (tertiary/aromatic N) is 4. The Labute approximate surface area is 254 Å². The first-order chi connectivity index (χ1) is 20.3. The monoisotopic (exact) mass is 567 g/mol. The molecule has 0 bridgehead atoms. The number of fused-ring (bicyclic) bond motifs is 1. The SMILES string of the molecule is C=C1/C=c2/c(N(C)C)ccc/c2=C/C(CC)C(C)(/C=C\c2cc(N3CCC(CCN4CCNCC4)CC3)ncc2C)C1. The molecule has 2 unspecified atom stereocenters. The van der Waals surface area contributed by atoms with Gasteiger partial charge in [0.25, 0.3) is 0 Å². The summed E-state index contributed by atoms with van der Waals surface area (Å²) in [6.07, 6.45) is 17.6. The van der Waals surface area contributed by atoms with E-state index < -0.39 is 0 Å². The third-order valence-corrected chi connectivity index (χ3v) is 10.00. The molecule has 2 atom stereocenters. The molecule has 1 N–H and O–H groups in total. The number of hydrogen-bond donors (Lipinski definition) is 1. The Morgan fingerprint density at radius 2 is 1.90 bits per heavy atom. The van der Waals surface area contributed by atoms with Crippen molar-refractivity contribution in [2.24, 2.45) is 17.3 Å². The summed E-state index contributed by atoms with van der Waals surface area (Å²) in [6, 6.07) is 8.97. The zero-order chi connectivity index (χ0) is 29.7. The number of benzene rings is 1. The number of allylic oxidation sites excluding steroid dienone is 2. The van der Waals surface area contributed by atoms with Crippen molar-refractivity contribution in [2.75, 3.05) is 69.7 Å². The topological polar surface area (TPSA) is 34.6 Å². The van der Waals surface area contributed by atoms with Gasteiger partial charge in [-0.05, 0) is 97.4 Å². The molecule has 0 spiro atoms. The van der Waals surface area contributed by atoms with Crippen molar-refractivity contribution < 1.29 is 0 Å². The second-order valence-electron chi connectivity index (χ2n) is 13.4. The van der Waals surface area contributed by atoms with E-state index in [-0.39, 0.29) is 5.41 Å². The molecule has 2 saturated heterocycles. The summed E-state index contributed by atoms with van der Waals surface area (Å²) in [4.78, 5) is 12.2. The van der Waals surface area contributed by atoms with Gasteiger partial charge in [0.1, 0.15) is 5.82 Å². The highest BCUT2D eigenvalue weighted by molar-refractivity contribution is 5.62. The molecule has 2 fully saturated rings. The van der Waals surface area contributed by atoms with E-state index in [1.54, 1.807) is 0 Å². The van der Waals surface area contributed by atoms with Gasteiger partial charge >= 0.3 is 0 Å². The first kappa shape index (κ1) is 30.6. The number of piperazine rings is 1. The molecule has 5 nitrogen and oxygen atoms in total. The minimum Gasteiger partial charge on any atom is -0.377 e. The molecule has 5 heteroatoms. The number of piperidine rings is 1.